The van der Waals surface area contributed by atoms with Gasteiger partial charge >= 0.3 is 0 Å². The summed E-state index contributed by atoms with van der Waals surface area (Å²) in [6, 6.07) is 7.84. The normalized spacial score (nSPS) is 14.8. The molecule has 1 aliphatic rings. The lowest BCUT2D eigenvalue weighted by Crippen LogP contribution is -2.18. The van der Waals surface area contributed by atoms with Crippen LogP contribution in [0.25, 0.3) is 21.1 Å². The minimum Gasteiger partial charge on any atom is -0.491 e. The van der Waals surface area contributed by atoms with Crippen LogP contribution >= 0.6 is 11.3 Å². The van der Waals surface area contributed by atoms with Crippen molar-refractivity contribution in [3.63, 3.8) is 0 Å². The van der Waals surface area contributed by atoms with Crippen molar-refractivity contribution < 1.29 is 9.57 Å². The van der Waals surface area contributed by atoms with Crippen molar-refractivity contribution in [2.75, 3.05) is 13.2 Å². The van der Waals surface area contributed by atoms with Gasteiger partial charge in [0.1, 0.15) is 28.8 Å². The van der Waals surface area contributed by atoms with Crippen LogP contribution in [-0.4, -0.2) is 33.9 Å². The SMILES string of the molecule is CCO/N=C1\CCOc2ccc(-c3sc(-c4cccnc4)nc3C)nc21. The summed E-state index contributed by atoms with van der Waals surface area (Å²) in [6.45, 7) is 5.03. The van der Waals surface area contributed by atoms with E-state index >= 15 is 0 Å². The zero-order valence-electron chi connectivity index (χ0n) is 14.6. The van der Waals surface area contributed by atoms with Crippen molar-refractivity contribution in [2.24, 2.45) is 5.16 Å². The number of aromatic nitrogens is 3. The van der Waals surface area contributed by atoms with E-state index in [1.165, 1.54) is 0 Å². The topological polar surface area (TPSA) is 69.5 Å². The first kappa shape index (κ1) is 16.7. The second kappa shape index (κ2) is 7.21. The summed E-state index contributed by atoms with van der Waals surface area (Å²) >= 11 is 1.61. The number of pyridine rings is 2. The third kappa shape index (κ3) is 3.17. The fraction of sp³-hybridized carbons (Fsp3) is 0.263. The van der Waals surface area contributed by atoms with Crippen molar-refractivity contribution in [2.45, 2.75) is 20.3 Å². The molecule has 3 aromatic rings. The summed E-state index contributed by atoms with van der Waals surface area (Å²) in [5.41, 5.74) is 4.39. The Balaban J connectivity index is 1.74. The van der Waals surface area contributed by atoms with Gasteiger partial charge < -0.3 is 9.57 Å². The van der Waals surface area contributed by atoms with Gasteiger partial charge in [0.2, 0.25) is 0 Å². The number of oxime groups is 1. The van der Waals surface area contributed by atoms with Crippen molar-refractivity contribution in [3.8, 4) is 26.9 Å². The minimum atomic E-state index is 0.530. The van der Waals surface area contributed by atoms with Gasteiger partial charge in [0.05, 0.1) is 22.9 Å². The van der Waals surface area contributed by atoms with E-state index in [9.17, 15) is 0 Å². The van der Waals surface area contributed by atoms with Crippen LogP contribution in [0.4, 0.5) is 0 Å². The van der Waals surface area contributed by atoms with Crippen molar-refractivity contribution >= 4 is 17.0 Å². The zero-order chi connectivity index (χ0) is 17.9. The summed E-state index contributed by atoms with van der Waals surface area (Å²) in [6.07, 6.45) is 4.27. The molecule has 0 amide bonds. The fourth-order valence-electron chi connectivity index (χ4n) is 2.75. The van der Waals surface area contributed by atoms with Gasteiger partial charge in [-0.25, -0.2) is 9.97 Å². The molecule has 0 bridgehead atoms. The molecular weight excluding hydrogens is 348 g/mol. The summed E-state index contributed by atoms with van der Waals surface area (Å²) in [4.78, 5) is 19.9. The maximum atomic E-state index is 5.71. The molecule has 6 nitrogen and oxygen atoms in total. The number of hydrogen-bond donors (Lipinski definition) is 0. The van der Waals surface area contributed by atoms with Crippen LogP contribution in [0.2, 0.25) is 0 Å². The molecule has 0 saturated carbocycles. The van der Waals surface area contributed by atoms with Crippen LogP contribution in [0.1, 0.15) is 24.7 Å². The third-order valence-corrected chi connectivity index (χ3v) is 5.20. The molecule has 132 valence electrons. The second-order valence-corrected chi connectivity index (χ2v) is 6.77. The first-order chi connectivity index (χ1) is 12.8. The van der Waals surface area contributed by atoms with E-state index in [1.807, 2.05) is 44.3 Å². The number of rotatable bonds is 4. The molecule has 0 aliphatic carbocycles. The molecule has 4 heterocycles. The van der Waals surface area contributed by atoms with Gasteiger partial charge in [-0.05, 0) is 38.1 Å². The van der Waals surface area contributed by atoms with E-state index in [0.717, 1.165) is 44.0 Å². The number of ether oxygens (including phenoxy) is 1. The van der Waals surface area contributed by atoms with E-state index in [4.69, 9.17) is 19.5 Å². The highest BCUT2D eigenvalue weighted by Crippen LogP contribution is 2.36. The van der Waals surface area contributed by atoms with Crippen molar-refractivity contribution in [1.82, 2.24) is 15.0 Å². The van der Waals surface area contributed by atoms with Gasteiger partial charge in [-0.3, -0.25) is 4.98 Å². The number of thiazole rings is 1. The predicted molar refractivity (Wildman–Crippen MR) is 102 cm³/mol. The van der Waals surface area contributed by atoms with E-state index < -0.39 is 0 Å². The average Bonchev–Trinajstić information content (AvgIpc) is 3.08. The van der Waals surface area contributed by atoms with E-state index in [2.05, 4.69) is 10.1 Å². The molecule has 0 aromatic carbocycles. The first-order valence-electron chi connectivity index (χ1n) is 8.47. The molecule has 0 saturated heterocycles. The minimum absolute atomic E-state index is 0.530. The van der Waals surface area contributed by atoms with E-state index in [1.54, 1.807) is 17.5 Å². The van der Waals surface area contributed by atoms with Crippen LogP contribution in [0.15, 0.2) is 41.8 Å². The Labute approximate surface area is 155 Å². The molecule has 0 atom stereocenters. The monoisotopic (exact) mass is 366 g/mol. The van der Waals surface area contributed by atoms with Crippen LogP contribution < -0.4 is 4.74 Å². The Bertz CT molecular complexity index is 953. The molecule has 7 heteroatoms. The number of aryl methyl sites for hydroxylation is 1. The van der Waals surface area contributed by atoms with Gasteiger partial charge in [-0.15, -0.1) is 11.3 Å². The Morgan fingerprint density at radius 3 is 3.00 bits per heavy atom. The smallest absolute Gasteiger partial charge is 0.147 e. The summed E-state index contributed by atoms with van der Waals surface area (Å²) < 4.78 is 5.71. The standard InChI is InChI=1S/C19H18N4O2S/c1-3-25-23-14-8-10-24-16-7-6-15(22-17(14)16)18-12(2)21-19(26-18)13-5-4-9-20-11-13/h4-7,9,11H,3,8,10H2,1-2H3/b23-14+. The molecule has 0 N–H and O–H groups in total. The lowest BCUT2D eigenvalue weighted by atomic mass is 10.1. The average molecular weight is 366 g/mol. The summed E-state index contributed by atoms with van der Waals surface area (Å²) in [5, 5.41) is 5.14. The van der Waals surface area contributed by atoms with Gasteiger partial charge in [-0.1, -0.05) is 5.16 Å². The molecule has 4 rings (SSSR count). The molecule has 3 aromatic heterocycles. The first-order valence-corrected chi connectivity index (χ1v) is 9.29. The Morgan fingerprint density at radius 1 is 1.27 bits per heavy atom. The summed E-state index contributed by atoms with van der Waals surface area (Å²) in [5.74, 6) is 0.744. The van der Waals surface area contributed by atoms with Crippen LogP contribution in [0.3, 0.4) is 0 Å². The molecule has 0 fully saturated rings. The van der Waals surface area contributed by atoms with Crippen LogP contribution in [-0.2, 0) is 4.84 Å². The van der Waals surface area contributed by atoms with Gasteiger partial charge in [0.15, 0.2) is 0 Å². The van der Waals surface area contributed by atoms with E-state index in [0.29, 0.717) is 19.6 Å². The molecular formula is C19H18N4O2S. The number of hydrogen-bond acceptors (Lipinski definition) is 7. The Hall–Kier alpha value is -2.80. The van der Waals surface area contributed by atoms with Crippen LogP contribution in [0, 0.1) is 6.92 Å². The van der Waals surface area contributed by atoms with Gasteiger partial charge in [0.25, 0.3) is 0 Å². The lowest BCUT2D eigenvalue weighted by molar-refractivity contribution is 0.157. The second-order valence-electron chi connectivity index (χ2n) is 5.77. The third-order valence-electron chi connectivity index (χ3n) is 3.97. The van der Waals surface area contributed by atoms with Gasteiger partial charge in [0, 0.05) is 24.4 Å². The highest BCUT2D eigenvalue weighted by Gasteiger charge is 2.21. The number of fused-ring (bicyclic) bond motifs is 1. The van der Waals surface area contributed by atoms with Crippen molar-refractivity contribution in [3.05, 3.63) is 48.0 Å². The predicted octanol–water partition coefficient (Wildman–Crippen LogP) is 4.10. The molecule has 1 aliphatic heterocycles. The maximum absolute atomic E-state index is 5.71. The molecule has 0 unspecified atom stereocenters. The lowest BCUT2D eigenvalue weighted by Gasteiger charge is -2.18. The highest BCUT2D eigenvalue weighted by molar-refractivity contribution is 7.18. The Kier molecular flexibility index (Phi) is 4.62. The van der Waals surface area contributed by atoms with E-state index in [-0.39, 0.29) is 0 Å². The quantitative estimate of drug-likeness (QED) is 0.650. The zero-order valence-corrected chi connectivity index (χ0v) is 15.4. The van der Waals surface area contributed by atoms with Crippen molar-refractivity contribution in [1.29, 1.82) is 0 Å². The van der Waals surface area contributed by atoms with Crippen LogP contribution in [0.5, 0.6) is 5.75 Å². The maximum Gasteiger partial charge on any atom is 0.147 e. The fourth-order valence-corrected chi connectivity index (χ4v) is 3.78. The molecule has 0 radical (unpaired) electrons. The highest BCUT2D eigenvalue weighted by atomic mass is 32.1. The largest absolute Gasteiger partial charge is 0.491 e. The van der Waals surface area contributed by atoms with Gasteiger partial charge in [-0.2, -0.15) is 0 Å². The number of nitrogens with zero attached hydrogens (tertiary/aromatic N) is 4. The summed E-state index contributed by atoms with van der Waals surface area (Å²) in [7, 11) is 0. The Morgan fingerprint density at radius 2 is 2.19 bits per heavy atom. The molecule has 0 spiro atoms. The molecule has 26 heavy (non-hydrogen) atoms.